The van der Waals surface area contributed by atoms with Crippen LogP contribution in [0.4, 0.5) is 10.1 Å². The zero-order valence-electron chi connectivity index (χ0n) is 11.6. The largest absolute Gasteiger partial charge is 0.378 e. The maximum Gasteiger partial charge on any atom is 0.175 e. The second-order valence-corrected chi connectivity index (χ2v) is 7.26. The van der Waals surface area contributed by atoms with E-state index in [-0.39, 0.29) is 16.0 Å². The summed E-state index contributed by atoms with van der Waals surface area (Å²) in [7, 11) is -3.25. The second-order valence-electron chi connectivity index (χ2n) is 4.84. The van der Waals surface area contributed by atoms with Gasteiger partial charge in [0, 0.05) is 18.0 Å². The lowest BCUT2D eigenvalue weighted by molar-refractivity contribution is 0.602. The minimum absolute atomic E-state index is 0.0611. The van der Waals surface area contributed by atoms with Gasteiger partial charge in [0.15, 0.2) is 9.84 Å². The first-order valence-electron chi connectivity index (χ1n) is 6.29. The van der Waals surface area contributed by atoms with Gasteiger partial charge in [-0.05, 0) is 42.8 Å². The van der Waals surface area contributed by atoms with Gasteiger partial charge in [-0.25, -0.2) is 12.8 Å². The quantitative estimate of drug-likeness (QED) is 0.921. The van der Waals surface area contributed by atoms with E-state index in [1.807, 2.05) is 6.92 Å². The molecule has 1 N–H and O–H groups in total. The zero-order valence-corrected chi connectivity index (χ0v) is 13.2. The minimum atomic E-state index is -3.25. The van der Waals surface area contributed by atoms with E-state index in [1.54, 1.807) is 36.4 Å². The Labute approximate surface area is 128 Å². The fourth-order valence-corrected chi connectivity index (χ4v) is 2.79. The number of nitrogens with one attached hydrogen (secondary N) is 1. The molecule has 0 saturated carbocycles. The van der Waals surface area contributed by atoms with Crippen molar-refractivity contribution in [3.63, 3.8) is 0 Å². The molecule has 0 aliphatic carbocycles. The number of halogens is 2. The summed E-state index contributed by atoms with van der Waals surface area (Å²) < 4.78 is 36.2. The van der Waals surface area contributed by atoms with E-state index >= 15 is 0 Å². The van der Waals surface area contributed by atoms with Crippen molar-refractivity contribution in [1.29, 1.82) is 0 Å². The lowest BCUT2D eigenvalue weighted by Crippen LogP contribution is -2.07. The third-order valence-corrected chi connectivity index (χ3v) is 4.49. The van der Waals surface area contributed by atoms with E-state index in [1.165, 1.54) is 6.07 Å². The van der Waals surface area contributed by atoms with E-state index in [0.29, 0.717) is 5.69 Å². The third-order valence-electron chi connectivity index (χ3n) is 3.09. The number of anilines is 1. The van der Waals surface area contributed by atoms with Gasteiger partial charge in [-0.3, -0.25) is 0 Å². The molecule has 0 fully saturated rings. The summed E-state index contributed by atoms with van der Waals surface area (Å²) in [6.45, 7) is 1.89. The molecule has 112 valence electrons. The van der Waals surface area contributed by atoms with Crippen molar-refractivity contribution in [3.05, 3.63) is 58.9 Å². The molecule has 0 bridgehead atoms. The molecule has 2 aromatic rings. The van der Waals surface area contributed by atoms with Crippen molar-refractivity contribution in [2.45, 2.75) is 17.9 Å². The fourth-order valence-electron chi connectivity index (χ4n) is 1.93. The standard InChI is InChI=1S/C15H15ClFNO2S/c1-10(11-6-7-15(17)14(16)8-11)18-12-4-3-5-13(9-12)21(2,19)20/h3-10,18H,1-2H3. The Hall–Kier alpha value is -1.59. The van der Waals surface area contributed by atoms with Gasteiger partial charge >= 0.3 is 0 Å². The summed E-state index contributed by atoms with van der Waals surface area (Å²) in [5, 5.41) is 3.23. The van der Waals surface area contributed by atoms with Crippen LogP contribution in [0.2, 0.25) is 5.02 Å². The highest BCUT2D eigenvalue weighted by atomic mass is 35.5. The molecule has 3 nitrogen and oxygen atoms in total. The number of hydrogen-bond acceptors (Lipinski definition) is 3. The van der Waals surface area contributed by atoms with Gasteiger partial charge in [-0.15, -0.1) is 0 Å². The third kappa shape index (κ3) is 3.95. The Morgan fingerprint density at radius 1 is 1.19 bits per heavy atom. The molecule has 2 rings (SSSR count). The van der Waals surface area contributed by atoms with E-state index in [2.05, 4.69) is 5.32 Å². The lowest BCUT2D eigenvalue weighted by atomic mass is 10.1. The summed E-state index contributed by atoms with van der Waals surface area (Å²) in [5.74, 6) is -0.466. The second kappa shape index (κ2) is 6.03. The van der Waals surface area contributed by atoms with Crippen molar-refractivity contribution >= 4 is 27.1 Å². The Balaban J connectivity index is 2.23. The molecule has 21 heavy (non-hydrogen) atoms. The average Bonchev–Trinajstić information content (AvgIpc) is 2.41. The van der Waals surface area contributed by atoms with E-state index in [4.69, 9.17) is 11.6 Å². The van der Waals surface area contributed by atoms with Gasteiger partial charge in [-0.1, -0.05) is 23.7 Å². The summed E-state index contributed by atoms with van der Waals surface area (Å²) in [5.41, 5.74) is 1.48. The topological polar surface area (TPSA) is 46.2 Å². The number of rotatable bonds is 4. The predicted molar refractivity (Wildman–Crippen MR) is 83.0 cm³/mol. The predicted octanol–water partition coefficient (Wildman–Crippen LogP) is 4.06. The maximum absolute atomic E-state index is 13.2. The molecule has 0 aromatic heterocycles. The monoisotopic (exact) mass is 327 g/mol. The van der Waals surface area contributed by atoms with Crippen molar-refractivity contribution in [2.24, 2.45) is 0 Å². The van der Waals surface area contributed by atoms with Crippen LogP contribution in [-0.2, 0) is 9.84 Å². The average molecular weight is 328 g/mol. The molecule has 0 saturated heterocycles. The molecule has 6 heteroatoms. The number of sulfone groups is 1. The van der Waals surface area contributed by atoms with E-state index in [9.17, 15) is 12.8 Å². The highest BCUT2D eigenvalue weighted by molar-refractivity contribution is 7.90. The van der Waals surface area contributed by atoms with E-state index in [0.717, 1.165) is 11.8 Å². The highest BCUT2D eigenvalue weighted by Crippen LogP contribution is 2.24. The van der Waals surface area contributed by atoms with Gasteiger partial charge in [-0.2, -0.15) is 0 Å². The molecule has 0 spiro atoms. The molecule has 0 radical (unpaired) electrons. The van der Waals surface area contributed by atoms with Gasteiger partial charge in [0.2, 0.25) is 0 Å². The molecule has 0 heterocycles. The molecule has 2 aromatic carbocycles. The van der Waals surface area contributed by atoms with Crippen LogP contribution in [0.15, 0.2) is 47.4 Å². The first-order chi connectivity index (χ1) is 9.77. The van der Waals surface area contributed by atoms with Crippen LogP contribution < -0.4 is 5.32 Å². The molecule has 0 amide bonds. The fraction of sp³-hybridized carbons (Fsp3) is 0.200. The van der Waals surface area contributed by atoms with Crippen molar-refractivity contribution in [2.75, 3.05) is 11.6 Å². The molecular weight excluding hydrogens is 313 g/mol. The highest BCUT2D eigenvalue weighted by Gasteiger charge is 2.11. The van der Waals surface area contributed by atoms with Crippen molar-refractivity contribution < 1.29 is 12.8 Å². The van der Waals surface area contributed by atoms with Crippen LogP contribution in [0.3, 0.4) is 0 Å². The Bertz CT molecular complexity index is 762. The first-order valence-corrected chi connectivity index (χ1v) is 8.56. The molecular formula is C15H15ClFNO2S. The van der Waals surface area contributed by atoms with Crippen molar-refractivity contribution in [3.8, 4) is 0 Å². The SMILES string of the molecule is CC(Nc1cccc(S(C)(=O)=O)c1)c1ccc(F)c(Cl)c1. The molecule has 0 aliphatic rings. The minimum Gasteiger partial charge on any atom is -0.378 e. The zero-order chi connectivity index (χ0) is 15.6. The Morgan fingerprint density at radius 2 is 1.90 bits per heavy atom. The van der Waals surface area contributed by atoms with Crippen LogP contribution in [0, 0.1) is 5.82 Å². The van der Waals surface area contributed by atoms with Gasteiger partial charge in [0.05, 0.1) is 9.92 Å². The van der Waals surface area contributed by atoms with Crippen LogP contribution in [0.5, 0.6) is 0 Å². The van der Waals surface area contributed by atoms with Crippen LogP contribution in [0.1, 0.15) is 18.5 Å². The Morgan fingerprint density at radius 3 is 2.52 bits per heavy atom. The van der Waals surface area contributed by atoms with Crippen LogP contribution >= 0.6 is 11.6 Å². The van der Waals surface area contributed by atoms with Crippen molar-refractivity contribution in [1.82, 2.24) is 0 Å². The normalized spacial score (nSPS) is 13.0. The summed E-state index contributed by atoms with van der Waals surface area (Å²) in [6.07, 6.45) is 1.16. The summed E-state index contributed by atoms with van der Waals surface area (Å²) >= 11 is 5.76. The number of hydrogen-bond donors (Lipinski definition) is 1. The van der Waals surface area contributed by atoms with Gasteiger partial charge in [0.25, 0.3) is 0 Å². The Kier molecular flexibility index (Phi) is 4.54. The summed E-state index contributed by atoms with van der Waals surface area (Å²) in [6, 6.07) is 10.9. The van der Waals surface area contributed by atoms with Gasteiger partial charge < -0.3 is 5.32 Å². The van der Waals surface area contributed by atoms with Gasteiger partial charge in [0.1, 0.15) is 5.82 Å². The molecule has 1 atom stereocenters. The summed E-state index contributed by atoms with van der Waals surface area (Å²) in [4.78, 5) is 0.247. The lowest BCUT2D eigenvalue weighted by Gasteiger charge is -2.16. The smallest absolute Gasteiger partial charge is 0.175 e. The molecule has 1 unspecified atom stereocenters. The maximum atomic E-state index is 13.2. The number of benzene rings is 2. The van der Waals surface area contributed by atoms with Crippen LogP contribution in [-0.4, -0.2) is 14.7 Å². The van der Waals surface area contributed by atoms with Crippen LogP contribution in [0.25, 0.3) is 0 Å². The van der Waals surface area contributed by atoms with E-state index < -0.39 is 15.7 Å². The first kappa shape index (κ1) is 15.8. The molecule has 0 aliphatic heterocycles.